The average Bonchev–Trinajstić information content (AvgIpc) is 2.71. The zero-order valence-electron chi connectivity index (χ0n) is 19.9. The van der Waals surface area contributed by atoms with Crippen LogP contribution in [-0.4, -0.2) is 24.3 Å². The van der Waals surface area contributed by atoms with Crippen LogP contribution in [0.25, 0.3) is 0 Å². The third-order valence-corrected chi connectivity index (χ3v) is 8.89. The van der Waals surface area contributed by atoms with Crippen LogP contribution in [0.1, 0.15) is 135 Å². The van der Waals surface area contributed by atoms with Gasteiger partial charge in [-0.05, 0) is 25.2 Å². The summed E-state index contributed by atoms with van der Waals surface area (Å²) in [6.07, 6.45) is 23.5. The molecule has 0 radical (unpaired) electrons. The first-order valence-corrected chi connectivity index (χ1v) is 14.1. The molecule has 0 bridgehead atoms. The van der Waals surface area contributed by atoms with Crippen molar-refractivity contribution in [3.05, 3.63) is 0 Å². The average molecular weight is 449 g/mol. The predicted octanol–water partition coefficient (Wildman–Crippen LogP) is 7.19. The smallest absolute Gasteiger partial charge is 0.272 e. The zero-order valence-corrected chi connectivity index (χ0v) is 20.7. The Bertz CT molecular complexity index is 493. The van der Waals surface area contributed by atoms with Crippen molar-refractivity contribution < 1.29 is 13.0 Å². The van der Waals surface area contributed by atoms with Crippen molar-refractivity contribution in [3.63, 3.8) is 0 Å². The van der Waals surface area contributed by atoms with Crippen LogP contribution in [0, 0.1) is 5.92 Å². The molecule has 0 aromatic carbocycles. The van der Waals surface area contributed by atoms with Crippen LogP contribution in [-0.2, 0) is 10.1 Å². The van der Waals surface area contributed by atoms with Gasteiger partial charge in [0.15, 0.2) is 0 Å². The number of rotatable bonds is 18. The van der Waals surface area contributed by atoms with Crippen molar-refractivity contribution in [1.82, 2.24) is 6.15 Å². The predicted molar refractivity (Wildman–Crippen MR) is 130 cm³/mol. The van der Waals surface area contributed by atoms with Crippen molar-refractivity contribution in [2.75, 3.05) is 6.54 Å². The molecule has 0 amide bonds. The molecule has 6 heteroatoms. The lowest BCUT2D eigenvalue weighted by atomic mass is 9.77. The van der Waals surface area contributed by atoms with E-state index in [0.29, 0.717) is 6.42 Å². The molecule has 1 saturated carbocycles. The van der Waals surface area contributed by atoms with Crippen LogP contribution in [0.15, 0.2) is 0 Å². The maximum atomic E-state index is 12.2. The summed E-state index contributed by atoms with van der Waals surface area (Å²) in [5, 5.41) is 0. The van der Waals surface area contributed by atoms with E-state index in [9.17, 15) is 13.0 Å². The molecule has 1 atom stereocenters. The van der Waals surface area contributed by atoms with Crippen LogP contribution in [0.5, 0.6) is 0 Å². The van der Waals surface area contributed by atoms with E-state index in [0.717, 1.165) is 44.9 Å². The lowest BCUT2D eigenvalue weighted by molar-refractivity contribution is 0.240. The van der Waals surface area contributed by atoms with Gasteiger partial charge in [0.1, 0.15) is 4.75 Å². The quantitative estimate of drug-likeness (QED) is 0.152. The van der Waals surface area contributed by atoms with E-state index in [4.69, 9.17) is 5.73 Å². The highest BCUT2D eigenvalue weighted by Crippen LogP contribution is 2.40. The van der Waals surface area contributed by atoms with Gasteiger partial charge in [0.05, 0.1) is 0 Å². The molecule has 1 fully saturated rings. The Morgan fingerprint density at radius 2 is 1.17 bits per heavy atom. The highest BCUT2D eigenvalue weighted by molar-refractivity contribution is 7.87. The molecule has 6 N–H and O–H groups in total. The Labute approximate surface area is 187 Å². The molecule has 0 heterocycles. The van der Waals surface area contributed by atoms with Gasteiger partial charge in [-0.25, -0.2) is 0 Å². The summed E-state index contributed by atoms with van der Waals surface area (Å²) in [6.45, 7) is 2.31. The molecule has 1 aliphatic carbocycles. The SMILES string of the molecule is CCCCCCCCCCCCCCCCC(CN)(C1CCCCC1)S(=O)(=O)O.N. The molecule has 30 heavy (non-hydrogen) atoms. The van der Waals surface area contributed by atoms with Gasteiger partial charge in [0.2, 0.25) is 0 Å². The number of hydrogen-bond acceptors (Lipinski definition) is 4. The topological polar surface area (TPSA) is 115 Å². The largest absolute Gasteiger partial charge is 0.344 e. The summed E-state index contributed by atoms with van der Waals surface area (Å²) in [4.78, 5) is 0. The minimum Gasteiger partial charge on any atom is -0.344 e. The third-order valence-electron chi connectivity index (χ3n) is 7.16. The lowest BCUT2D eigenvalue weighted by Gasteiger charge is -2.39. The normalized spacial score (nSPS) is 17.4. The molecule has 0 aromatic rings. The van der Waals surface area contributed by atoms with Gasteiger partial charge in [0.25, 0.3) is 10.1 Å². The first kappa shape index (κ1) is 29.8. The third kappa shape index (κ3) is 10.9. The van der Waals surface area contributed by atoms with Gasteiger partial charge >= 0.3 is 0 Å². The molecule has 0 aliphatic heterocycles. The molecular formula is C24H52N2O3S. The van der Waals surface area contributed by atoms with E-state index in [1.807, 2.05) is 0 Å². The van der Waals surface area contributed by atoms with Gasteiger partial charge in [-0.2, -0.15) is 8.42 Å². The summed E-state index contributed by atoms with van der Waals surface area (Å²) in [7, 11) is -4.12. The molecule has 0 saturated heterocycles. The molecule has 1 aliphatic rings. The molecule has 182 valence electrons. The Balaban J connectivity index is 0.00000841. The van der Waals surface area contributed by atoms with E-state index in [2.05, 4.69) is 6.92 Å². The molecule has 0 spiro atoms. The maximum absolute atomic E-state index is 12.2. The first-order chi connectivity index (χ1) is 14.0. The number of hydrogen-bond donors (Lipinski definition) is 3. The fraction of sp³-hybridized carbons (Fsp3) is 1.00. The van der Waals surface area contributed by atoms with E-state index in [1.165, 1.54) is 77.0 Å². The monoisotopic (exact) mass is 448 g/mol. The van der Waals surface area contributed by atoms with Gasteiger partial charge in [0, 0.05) is 6.54 Å². The van der Waals surface area contributed by atoms with Crippen molar-refractivity contribution in [2.24, 2.45) is 11.7 Å². The van der Waals surface area contributed by atoms with Gasteiger partial charge in [-0.3, -0.25) is 4.55 Å². The van der Waals surface area contributed by atoms with Crippen LogP contribution in [0.2, 0.25) is 0 Å². The van der Waals surface area contributed by atoms with E-state index < -0.39 is 14.9 Å². The Kier molecular flexibility index (Phi) is 17.3. The van der Waals surface area contributed by atoms with Crippen LogP contribution < -0.4 is 11.9 Å². The summed E-state index contributed by atoms with van der Waals surface area (Å²) < 4.78 is 33.3. The van der Waals surface area contributed by atoms with Crippen molar-refractivity contribution in [3.8, 4) is 0 Å². The van der Waals surface area contributed by atoms with Crippen molar-refractivity contribution >= 4 is 10.1 Å². The van der Waals surface area contributed by atoms with Gasteiger partial charge in [-0.1, -0.05) is 116 Å². The van der Waals surface area contributed by atoms with Crippen LogP contribution >= 0.6 is 0 Å². The number of unbranched alkanes of at least 4 members (excludes halogenated alkanes) is 13. The standard InChI is InChI=1S/C24H49NO3S.H3N/c1-2-3-4-5-6-7-8-9-10-11-12-13-14-18-21-24(22-25,29(26,27)28)23-19-16-15-17-20-23;/h23H,2-22,25H2,1H3,(H,26,27,28);1H3. The second-order valence-electron chi connectivity index (χ2n) is 9.43. The minimum atomic E-state index is -4.12. The van der Waals surface area contributed by atoms with E-state index in [1.54, 1.807) is 0 Å². The Morgan fingerprint density at radius 3 is 1.53 bits per heavy atom. The maximum Gasteiger partial charge on any atom is 0.272 e. The second kappa shape index (κ2) is 17.4. The highest BCUT2D eigenvalue weighted by atomic mass is 32.2. The fourth-order valence-corrected chi connectivity index (χ4v) is 6.44. The molecule has 1 rings (SSSR count). The summed E-state index contributed by atoms with van der Waals surface area (Å²) in [6, 6.07) is 0. The van der Waals surface area contributed by atoms with Crippen LogP contribution in [0.3, 0.4) is 0 Å². The summed E-state index contributed by atoms with van der Waals surface area (Å²) in [5.41, 5.74) is 5.94. The number of nitrogens with two attached hydrogens (primary N) is 1. The van der Waals surface area contributed by atoms with Gasteiger partial charge < -0.3 is 11.9 Å². The Hall–Kier alpha value is -0.170. The fourth-order valence-electron chi connectivity index (χ4n) is 5.17. The van der Waals surface area contributed by atoms with Crippen LogP contribution in [0.4, 0.5) is 0 Å². The van der Waals surface area contributed by atoms with E-state index in [-0.39, 0.29) is 18.6 Å². The Morgan fingerprint density at radius 1 is 0.767 bits per heavy atom. The second-order valence-corrected chi connectivity index (χ2v) is 11.2. The molecule has 1 unspecified atom stereocenters. The minimum absolute atomic E-state index is 0. The van der Waals surface area contributed by atoms with Crippen molar-refractivity contribution in [1.29, 1.82) is 0 Å². The molecule has 0 aromatic heterocycles. The highest BCUT2D eigenvalue weighted by Gasteiger charge is 2.47. The summed E-state index contributed by atoms with van der Waals surface area (Å²) in [5.74, 6) is 0.0261. The first-order valence-electron chi connectivity index (χ1n) is 12.6. The molecule has 5 nitrogen and oxygen atoms in total. The van der Waals surface area contributed by atoms with Crippen molar-refractivity contribution in [2.45, 2.75) is 140 Å². The summed E-state index contributed by atoms with van der Waals surface area (Å²) >= 11 is 0. The molecular weight excluding hydrogens is 396 g/mol. The zero-order chi connectivity index (χ0) is 21.4. The van der Waals surface area contributed by atoms with E-state index >= 15 is 0 Å². The lowest BCUT2D eigenvalue weighted by Crippen LogP contribution is -2.52. The van der Waals surface area contributed by atoms with Gasteiger partial charge in [-0.15, -0.1) is 0 Å².